The van der Waals surface area contributed by atoms with Gasteiger partial charge in [-0.2, -0.15) is 5.10 Å². The Balaban J connectivity index is 2.77. The molecule has 2 aromatic rings. The lowest BCUT2D eigenvalue weighted by Gasteiger charge is -2.27. The van der Waals surface area contributed by atoms with Crippen LogP contribution in [0.1, 0.15) is 46.2 Å². The smallest absolute Gasteiger partial charge is 0.179 e. The van der Waals surface area contributed by atoms with Crippen molar-refractivity contribution < 1.29 is 0 Å². The van der Waals surface area contributed by atoms with Gasteiger partial charge in [-0.3, -0.25) is 4.57 Å². The molecular weight excluding hydrogens is 244 g/mol. The predicted molar refractivity (Wildman–Crippen MR) is 77.5 cm³/mol. The van der Waals surface area contributed by atoms with Gasteiger partial charge in [0.1, 0.15) is 5.52 Å². The molecule has 0 fully saturated rings. The van der Waals surface area contributed by atoms with E-state index >= 15 is 0 Å². The van der Waals surface area contributed by atoms with E-state index in [4.69, 9.17) is 12.2 Å². The van der Waals surface area contributed by atoms with Gasteiger partial charge in [-0.1, -0.05) is 13.3 Å². The van der Waals surface area contributed by atoms with Gasteiger partial charge in [0.15, 0.2) is 10.4 Å². The van der Waals surface area contributed by atoms with E-state index in [0.29, 0.717) is 0 Å². The largest absolute Gasteiger partial charge is 0.328 e. The third-order valence-electron chi connectivity index (χ3n) is 3.51. The zero-order valence-electron chi connectivity index (χ0n) is 11.9. The quantitative estimate of drug-likeness (QED) is 0.856. The molecule has 2 aromatic heterocycles. The van der Waals surface area contributed by atoms with E-state index in [1.807, 2.05) is 11.6 Å². The van der Waals surface area contributed by atoms with Crippen molar-refractivity contribution in [2.24, 2.45) is 0 Å². The second-order valence-corrected chi connectivity index (χ2v) is 5.81. The molecule has 0 aliphatic heterocycles. The molecule has 0 radical (unpaired) electrons. The van der Waals surface area contributed by atoms with Crippen LogP contribution in [0.5, 0.6) is 0 Å². The van der Waals surface area contributed by atoms with Gasteiger partial charge in [-0.15, -0.1) is 0 Å². The number of aryl methyl sites for hydroxylation is 2. The van der Waals surface area contributed by atoms with Crippen molar-refractivity contribution >= 4 is 23.4 Å². The maximum atomic E-state index is 5.50. The maximum Gasteiger partial charge on any atom is 0.179 e. The lowest BCUT2D eigenvalue weighted by atomic mass is 9.99. The first-order valence-corrected chi connectivity index (χ1v) is 7.01. The van der Waals surface area contributed by atoms with Gasteiger partial charge in [-0.05, 0) is 46.3 Å². The molecular formula is C13H22N4S. The lowest BCUT2D eigenvalue weighted by molar-refractivity contribution is 0.324. The zero-order chi connectivity index (χ0) is 13.5. The molecule has 1 N–H and O–H groups in total. The molecule has 0 saturated carbocycles. The highest BCUT2D eigenvalue weighted by atomic mass is 32.1. The van der Waals surface area contributed by atoms with E-state index < -0.39 is 0 Å². The van der Waals surface area contributed by atoms with E-state index in [2.05, 4.69) is 42.3 Å². The average Bonchev–Trinajstić information content (AvgIpc) is 2.76. The Kier molecular flexibility index (Phi) is 3.36. The van der Waals surface area contributed by atoms with Crippen molar-refractivity contribution in [3.63, 3.8) is 0 Å². The average molecular weight is 266 g/mol. The van der Waals surface area contributed by atoms with Crippen LogP contribution in [0.4, 0.5) is 0 Å². The monoisotopic (exact) mass is 266 g/mol. The highest BCUT2D eigenvalue weighted by molar-refractivity contribution is 7.71. The van der Waals surface area contributed by atoms with Crippen molar-refractivity contribution in [3.8, 4) is 0 Å². The van der Waals surface area contributed by atoms with Crippen LogP contribution in [0.25, 0.3) is 11.2 Å². The van der Waals surface area contributed by atoms with E-state index in [9.17, 15) is 0 Å². The SMILES string of the molecule is CCCC(C)(C)n1c(=S)[nH]c2c(C)nn(CC)c21. The van der Waals surface area contributed by atoms with Gasteiger partial charge in [0.05, 0.1) is 5.69 Å². The number of H-pyrrole nitrogens is 1. The van der Waals surface area contributed by atoms with Crippen molar-refractivity contribution in [1.82, 2.24) is 19.3 Å². The Morgan fingerprint density at radius 1 is 1.33 bits per heavy atom. The Morgan fingerprint density at radius 2 is 2.00 bits per heavy atom. The number of fused-ring (bicyclic) bond motifs is 1. The maximum absolute atomic E-state index is 5.50. The van der Waals surface area contributed by atoms with Crippen molar-refractivity contribution in [1.29, 1.82) is 0 Å². The summed E-state index contributed by atoms with van der Waals surface area (Å²) < 4.78 is 5.06. The second kappa shape index (κ2) is 4.53. The van der Waals surface area contributed by atoms with E-state index in [1.165, 1.54) is 0 Å². The van der Waals surface area contributed by atoms with Crippen LogP contribution in [-0.2, 0) is 12.1 Å². The summed E-state index contributed by atoms with van der Waals surface area (Å²) in [5.41, 5.74) is 3.23. The second-order valence-electron chi connectivity index (χ2n) is 5.43. The fourth-order valence-corrected chi connectivity index (χ4v) is 3.14. The van der Waals surface area contributed by atoms with Crippen LogP contribution < -0.4 is 0 Å². The summed E-state index contributed by atoms with van der Waals surface area (Å²) in [7, 11) is 0. The number of aromatic amines is 1. The van der Waals surface area contributed by atoms with Gasteiger partial charge >= 0.3 is 0 Å². The van der Waals surface area contributed by atoms with E-state index in [0.717, 1.165) is 41.0 Å². The van der Waals surface area contributed by atoms with Crippen LogP contribution in [0.3, 0.4) is 0 Å². The molecule has 0 saturated heterocycles. The van der Waals surface area contributed by atoms with Gasteiger partial charge in [0, 0.05) is 12.1 Å². The predicted octanol–water partition coefficient (Wildman–Crippen LogP) is 3.76. The molecule has 2 heterocycles. The first-order chi connectivity index (χ1) is 8.42. The van der Waals surface area contributed by atoms with Crippen molar-refractivity contribution in [2.45, 2.75) is 59.5 Å². The summed E-state index contributed by atoms with van der Waals surface area (Å²) in [5.74, 6) is 0. The van der Waals surface area contributed by atoms with Crippen LogP contribution in [0, 0.1) is 11.7 Å². The van der Waals surface area contributed by atoms with Gasteiger partial charge in [0.2, 0.25) is 0 Å². The Hall–Kier alpha value is -1.10. The van der Waals surface area contributed by atoms with Crippen molar-refractivity contribution in [3.05, 3.63) is 10.5 Å². The minimum absolute atomic E-state index is 0.0173. The van der Waals surface area contributed by atoms with Crippen LogP contribution in [0.15, 0.2) is 0 Å². The minimum atomic E-state index is 0.0173. The molecule has 4 nitrogen and oxygen atoms in total. The third kappa shape index (κ3) is 1.90. The van der Waals surface area contributed by atoms with Gasteiger partial charge < -0.3 is 4.98 Å². The van der Waals surface area contributed by atoms with E-state index in [1.54, 1.807) is 0 Å². The van der Waals surface area contributed by atoms with Crippen LogP contribution in [-0.4, -0.2) is 19.3 Å². The molecule has 0 aliphatic carbocycles. The number of imidazole rings is 1. The number of hydrogen-bond donors (Lipinski definition) is 1. The van der Waals surface area contributed by atoms with Crippen molar-refractivity contribution in [2.75, 3.05) is 0 Å². The van der Waals surface area contributed by atoms with Gasteiger partial charge in [-0.25, -0.2) is 4.68 Å². The number of nitrogens with zero attached hydrogens (tertiary/aromatic N) is 3. The molecule has 0 aliphatic rings. The molecule has 2 rings (SSSR count). The molecule has 18 heavy (non-hydrogen) atoms. The van der Waals surface area contributed by atoms with Gasteiger partial charge in [0.25, 0.3) is 0 Å². The summed E-state index contributed by atoms with van der Waals surface area (Å²) in [5, 5.41) is 4.56. The normalized spacial score (nSPS) is 12.5. The summed E-state index contributed by atoms with van der Waals surface area (Å²) in [6.45, 7) is 11.7. The topological polar surface area (TPSA) is 38.5 Å². The van der Waals surface area contributed by atoms with E-state index in [-0.39, 0.29) is 5.54 Å². The minimum Gasteiger partial charge on any atom is -0.328 e. The molecule has 0 atom stereocenters. The molecule has 0 spiro atoms. The molecule has 0 unspecified atom stereocenters. The highest BCUT2D eigenvalue weighted by Crippen LogP contribution is 2.28. The molecule has 0 aromatic carbocycles. The Morgan fingerprint density at radius 3 is 2.56 bits per heavy atom. The number of rotatable bonds is 4. The summed E-state index contributed by atoms with van der Waals surface area (Å²) in [6, 6.07) is 0. The molecule has 100 valence electrons. The molecule has 0 bridgehead atoms. The number of nitrogens with one attached hydrogen (secondary N) is 1. The number of aromatic nitrogens is 4. The highest BCUT2D eigenvalue weighted by Gasteiger charge is 2.25. The first-order valence-electron chi connectivity index (χ1n) is 6.61. The lowest BCUT2D eigenvalue weighted by Crippen LogP contribution is -2.27. The first kappa shape index (κ1) is 13.3. The summed E-state index contributed by atoms with van der Waals surface area (Å²) in [6.07, 6.45) is 2.24. The fourth-order valence-electron chi connectivity index (χ4n) is 2.71. The Labute approximate surface area is 113 Å². The molecule has 5 heteroatoms. The summed E-state index contributed by atoms with van der Waals surface area (Å²) in [4.78, 5) is 3.31. The number of hydrogen-bond acceptors (Lipinski definition) is 2. The zero-order valence-corrected chi connectivity index (χ0v) is 12.7. The summed E-state index contributed by atoms with van der Waals surface area (Å²) >= 11 is 5.50. The third-order valence-corrected chi connectivity index (χ3v) is 3.80. The standard InChI is InChI=1S/C13H22N4S/c1-6-8-13(4,5)17-11-10(14-12(17)18)9(3)15-16(11)7-2/h6-8H2,1-5H3,(H,14,18). The van der Waals surface area contributed by atoms with Crippen LogP contribution in [0.2, 0.25) is 0 Å². The fraction of sp³-hybridized carbons (Fsp3) is 0.692. The Bertz CT molecular complexity index is 615. The van der Waals surface area contributed by atoms with Crippen LogP contribution >= 0.6 is 12.2 Å². The molecule has 0 amide bonds.